The van der Waals surface area contributed by atoms with Crippen molar-refractivity contribution in [1.29, 1.82) is 0 Å². The lowest BCUT2D eigenvalue weighted by atomic mass is 10.1. The Morgan fingerprint density at radius 1 is 1.24 bits per heavy atom. The molecule has 3 atom stereocenters. The van der Waals surface area contributed by atoms with Crippen molar-refractivity contribution in [2.45, 2.75) is 57.8 Å². The van der Waals surface area contributed by atoms with Gasteiger partial charge in [-0.25, -0.2) is 0 Å². The number of ether oxygens (including phenoxy) is 1. The maximum absolute atomic E-state index is 12.6. The molecular weight excluding hydrogens is 336 g/mol. The van der Waals surface area contributed by atoms with Crippen LogP contribution >= 0.6 is 11.3 Å². The van der Waals surface area contributed by atoms with E-state index in [4.69, 9.17) is 4.74 Å². The third-order valence-electron chi connectivity index (χ3n) is 5.02. The van der Waals surface area contributed by atoms with Crippen LogP contribution in [0, 0.1) is 0 Å². The Hall–Kier alpha value is -1.24. The van der Waals surface area contributed by atoms with E-state index in [0.717, 1.165) is 43.9 Å². The second-order valence-corrected chi connectivity index (χ2v) is 8.21. The fraction of sp³-hybridized carbons (Fsp3) is 0.684. The SMILES string of the molecule is CC1CN(CC2CCCN2C(=O)CCC(=O)c2cccs2)CC(C)O1. The van der Waals surface area contributed by atoms with Gasteiger partial charge in [-0.05, 0) is 38.1 Å². The van der Waals surface area contributed by atoms with Crippen molar-refractivity contribution in [2.24, 2.45) is 0 Å². The number of hydrogen-bond donors (Lipinski definition) is 0. The summed E-state index contributed by atoms with van der Waals surface area (Å²) in [5.41, 5.74) is 0. The Kier molecular flexibility index (Phi) is 6.25. The van der Waals surface area contributed by atoms with Crippen molar-refractivity contribution < 1.29 is 14.3 Å². The molecule has 0 aromatic carbocycles. The average molecular weight is 365 g/mol. The van der Waals surface area contributed by atoms with E-state index in [9.17, 15) is 9.59 Å². The fourth-order valence-corrected chi connectivity index (χ4v) is 4.70. The van der Waals surface area contributed by atoms with Gasteiger partial charge in [-0.15, -0.1) is 11.3 Å². The second-order valence-electron chi connectivity index (χ2n) is 7.26. The lowest BCUT2D eigenvalue weighted by Gasteiger charge is -2.38. The summed E-state index contributed by atoms with van der Waals surface area (Å²) >= 11 is 1.45. The molecule has 6 heteroatoms. The predicted molar refractivity (Wildman–Crippen MR) is 99.1 cm³/mol. The third-order valence-corrected chi connectivity index (χ3v) is 5.93. The van der Waals surface area contributed by atoms with Crippen molar-refractivity contribution >= 4 is 23.0 Å². The standard InChI is InChI=1S/C19H28N2O3S/c1-14-11-20(12-15(2)24-14)13-16-5-3-9-21(16)19(23)8-7-17(22)18-6-4-10-25-18/h4,6,10,14-16H,3,5,7-9,11-13H2,1-2H3. The number of Topliss-reactive ketones (excluding diaryl/α,β-unsaturated/α-hetero) is 1. The zero-order chi connectivity index (χ0) is 17.8. The molecule has 2 aliphatic rings. The van der Waals surface area contributed by atoms with Crippen LogP contribution in [0.1, 0.15) is 49.2 Å². The minimum absolute atomic E-state index is 0.0786. The molecule has 1 amide bonds. The Labute approximate surface area is 153 Å². The van der Waals surface area contributed by atoms with Crippen LogP contribution in [-0.4, -0.2) is 65.9 Å². The Bertz CT molecular complexity index is 579. The molecule has 0 spiro atoms. The molecule has 3 rings (SSSR count). The molecule has 2 aliphatic heterocycles. The number of ketones is 1. The molecule has 5 nitrogen and oxygen atoms in total. The van der Waals surface area contributed by atoms with Crippen LogP contribution in [0.3, 0.4) is 0 Å². The topological polar surface area (TPSA) is 49.9 Å². The van der Waals surface area contributed by atoms with E-state index in [1.54, 1.807) is 0 Å². The summed E-state index contributed by atoms with van der Waals surface area (Å²) in [6.07, 6.45) is 3.25. The lowest BCUT2D eigenvalue weighted by Crippen LogP contribution is -2.50. The molecule has 3 heterocycles. The first-order chi connectivity index (χ1) is 12.0. The molecule has 138 valence electrons. The normalized spacial score (nSPS) is 27.6. The van der Waals surface area contributed by atoms with Gasteiger partial charge in [0.1, 0.15) is 0 Å². The largest absolute Gasteiger partial charge is 0.373 e. The molecular formula is C19H28N2O3S. The third kappa shape index (κ3) is 4.90. The average Bonchev–Trinajstić information content (AvgIpc) is 3.22. The number of amides is 1. The van der Waals surface area contributed by atoms with E-state index < -0.39 is 0 Å². The van der Waals surface area contributed by atoms with Crippen molar-refractivity contribution in [3.05, 3.63) is 22.4 Å². The van der Waals surface area contributed by atoms with Gasteiger partial charge in [0.25, 0.3) is 0 Å². The van der Waals surface area contributed by atoms with Gasteiger partial charge in [0, 0.05) is 45.1 Å². The number of hydrogen-bond acceptors (Lipinski definition) is 5. The highest BCUT2D eigenvalue weighted by Gasteiger charge is 2.32. The monoisotopic (exact) mass is 364 g/mol. The number of thiophene rings is 1. The molecule has 0 N–H and O–H groups in total. The molecule has 0 saturated carbocycles. The first-order valence-electron chi connectivity index (χ1n) is 9.27. The van der Waals surface area contributed by atoms with Crippen molar-refractivity contribution in [1.82, 2.24) is 9.80 Å². The number of carbonyl (C=O) groups is 2. The summed E-state index contributed by atoms with van der Waals surface area (Å²) in [5, 5.41) is 1.90. The molecule has 2 fully saturated rings. The van der Waals surface area contributed by atoms with E-state index in [1.165, 1.54) is 11.3 Å². The van der Waals surface area contributed by atoms with Gasteiger partial charge < -0.3 is 9.64 Å². The van der Waals surface area contributed by atoms with E-state index in [2.05, 4.69) is 18.7 Å². The lowest BCUT2D eigenvalue weighted by molar-refractivity contribution is -0.133. The van der Waals surface area contributed by atoms with Gasteiger partial charge in [0.2, 0.25) is 5.91 Å². The molecule has 2 saturated heterocycles. The Morgan fingerprint density at radius 2 is 2.00 bits per heavy atom. The van der Waals surface area contributed by atoms with Gasteiger partial charge in [0.05, 0.1) is 17.1 Å². The first-order valence-corrected chi connectivity index (χ1v) is 10.1. The van der Waals surface area contributed by atoms with Crippen molar-refractivity contribution in [3.63, 3.8) is 0 Å². The van der Waals surface area contributed by atoms with E-state index in [1.807, 2.05) is 22.4 Å². The number of rotatable bonds is 6. The van der Waals surface area contributed by atoms with E-state index in [0.29, 0.717) is 12.8 Å². The molecule has 3 unspecified atom stereocenters. The van der Waals surface area contributed by atoms with Crippen molar-refractivity contribution in [2.75, 3.05) is 26.2 Å². The van der Waals surface area contributed by atoms with Gasteiger partial charge in [-0.3, -0.25) is 14.5 Å². The van der Waals surface area contributed by atoms with Crippen LogP contribution in [0.15, 0.2) is 17.5 Å². The minimum atomic E-state index is 0.0786. The zero-order valence-electron chi connectivity index (χ0n) is 15.1. The van der Waals surface area contributed by atoms with E-state index in [-0.39, 0.29) is 29.9 Å². The summed E-state index contributed by atoms with van der Waals surface area (Å²) in [4.78, 5) is 29.9. The number of carbonyl (C=O) groups excluding carboxylic acids is 2. The smallest absolute Gasteiger partial charge is 0.223 e. The molecule has 25 heavy (non-hydrogen) atoms. The van der Waals surface area contributed by atoms with Gasteiger partial charge in [-0.2, -0.15) is 0 Å². The zero-order valence-corrected chi connectivity index (χ0v) is 16.0. The van der Waals surface area contributed by atoms with Gasteiger partial charge in [-0.1, -0.05) is 6.07 Å². The minimum Gasteiger partial charge on any atom is -0.373 e. The van der Waals surface area contributed by atoms with Crippen LogP contribution in [-0.2, 0) is 9.53 Å². The highest BCUT2D eigenvalue weighted by molar-refractivity contribution is 7.12. The van der Waals surface area contributed by atoms with Gasteiger partial charge in [0.15, 0.2) is 5.78 Å². The second kappa shape index (κ2) is 8.43. The predicted octanol–water partition coefficient (Wildman–Crippen LogP) is 2.81. The van der Waals surface area contributed by atoms with Crippen LogP contribution in [0.4, 0.5) is 0 Å². The number of likely N-dealkylation sites (tertiary alicyclic amines) is 1. The fourth-order valence-electron chi connectivity index (χ4n) is 4.01. The number of nitrogens with zero attached hydrogens (tertiary/aromatic N) is 2. The van der Waals surface area contributed by atoms with Crippen LogP contribution in [0.25, 0.3) is 0 Å². The van der Waals surface area contributed by atoms with Crippen LogP contribution < -0.4 is 0 Å². The Morgan fingerprint density at radius 3 is 2.68 bits per heavy atom. The highest BCUT2D eigenvalue weighted by atomic mass is 32.1. The first kappa shape index (κ1) is 18.5. The molecule has 0 aliphatic carbocycles. The van der Waals surface area contributed by atoms with Crippen LogP contribution in [0.5, 0.6) is 0 Å². The maximum Gasteiger partial charge on any atom is 0.223 e. The molecule has 1 aromatic heterocycles. The number of morpholine rings is 1. The Balaban J connectivity index is 1.50. The summed E-state index contributed by atoms with van der Waals surface area (Å²) < 4.78 is 5.80. The van der Waals surface area contributed by atoms with Crippen molar-refractivity contribution in [3.8, 4) is 0 Å². The summed E-state index contributed by atoms with van der Waals surface area (Å²) in [6, 6.07) is 3.99. The van der Waals surface area contributed by atoms with Gasteiger partial charge >= 0.3 is 0 Å². The summed E-state index contributed by atoms with van der Waals surface area (Å²) in [7, 11) is 0. The van der Waals surface area contributed by atoms with Crippen LogP contribution in [0.2, 0.25) is 0 Å². The quantitative estimate of drug-likeness (QED) is 0.729. The molecule has 1 aromatic rings. The summed E-state index contributed by atoms with van der Waals surface area (Å²) in [6.45, 7) is 7.82. The maximum atomic E-state index is 12.6. The highest BCUT2D eigenvalue weighted by Crippen LogP contribution is 2.22. The molecule has 0 radical (unpaired) electrons. The molecule has 0 bridgehead atoms. The summed E-state index contributed by atoms with van der Waals surface area (Å²) in [5.74, 6) is 0.205. The van der Waals surface area contributed by atoms with E-state index >= 15 is 0 Å².